The van der Waals surface area contributed by atoms with Gasteiger partial charge in [0.05, 0.1) is 23.3 Å². The molecule has 0 unspecified atom stereocenters. The maximum absolute atomic E-state index is 13.0. The number of benzene rings is 1. The predicted molar refractivity (Wildman–Crippen MR) is 128 cm³/mol. The summed E-state index contributed by atoms with van der Waals surface area (Å²) in [5, 5.41) is 3.10. The Hall–Kier alpha value is -3.00. The molecule has 1 atom stereocenters. The summed E-state index contributed by atoms with van der Waals surface area (Å²) >= 11 is 0. The van der Waals surface area contributed by atoms with Crippen molar-refractivity contribution in [2.75, 3.05) is 43.9 Å². The third-order valence-corrected chi connectivity index (χ3v) is 5.94. The molecule has 3 heterocycles. The van der Waals surface area contributed by atoms with Gasteiger partial charge in [-0.05, 0) is 78.0 Å². The van der Waals surface area contributed by atoms with Crippen molar-refractivity contribution in [2.24, 2.45) is 5.92 Å². The van der Waals surface area contributed by atoms with Crippen molar-refractivity contribution in [3.05, 3.63) is 42.0 Å². The molecule has 1 saturated heterocycles. The summed E-state index contributed by atoms with van der Waals surface area (Å²) in [6.07, 6.45) is 4.77. The van der Waals surface area contributed by atoms with Crippen LogP contribution in [0.15, 0.2) is 30.6 Å². The number of imidazole rings is 1. The first kappa shape index (κ1) is 22.2. The second-order valence-corrected chi connectivity index (χ2v) is 9.02. The van der Waals surface area contributed by atoms with E-state index in [1.807, 2.05) is 44.4 Å². The molecule has 1 fully saturated rings. The molecule has 1 aliphatic rings. The zero-order valence-corrected chi connectivity index (χ0v) is 19.5. The summed E-state index contributed by atoms with van der Waals surface area (Å²) in [5.74, 6) is 0.678. The molecule has 32 heavy (non-hydrogen) atoms. The molecule has 0 saturated carbocycles. The van der Waals surface area contributed by atoms with Crippen LogP contribution in [0.3, 0.4) is 0 Å². The van der Waals surface area contributed by atoms with Gasteiger partial charge in [0, 0.05) is 36.7 Å². The van der Waals surface area contributed by atoms with Crippen LogP contribution >= 0.6 is 0 Å². The Morgan fingerprint density at radius 2 is 1.97 bits per heavy atom. The van der Waals surface area contributed by atoms with Crippen molar-refractivity contribution in [1.82, 2.24) is 24.4 Å². The molecule has 1 amide bonds. The fourth-order valence-electron chi connectivity index (χ4n) is 4.34. The van der Waals surface area contributed by atoms with Gasteiger partial charge in [0.15, 0.2) is 0 Å². The zero-order chi connectivity index (χ0) is 22.7. The van der Waals surface area contributed by atoms with Gasteiger partial charge in [-0.1, -0.05) is 0 Å². The number of piperidine rings is 1. The minimum absolute atomic E-state index is 0.0452. The number of hydrogen-bond acceptors (Lipinski definition) is 6. The Labute approximate surface area is 189 Å². The van der Waals surface area contributed by atoms with Gasteiger partial charge in [0.1, 0.15) is 0 Å². The van der Waals surface area contributed by atoms with Crippen LogP contribution in [-0.4, -0.2) is 64.1 Å². The number of carbonyl (C=O) groups is 1. The highest BCUT2D eigenvalue weighted by molar-refractivity contribution is 5.95. The van der Waals surface area contributed by atoms with E-state index in [1.165, 1.54) is 0 Å². The van der Waals surface area contributed by atoms with E-state index in [9.17, 15) is 4.79 Å². The average Bonchev–Trinajstić information content (AvgIpc) is 3.15. The van der Waals surface area contributed by atoms with E-state index in [0.717, 1.165) is 73.0 Å². The number of rotatable bonds is 7. The molecule has 3 aromatic rings. The zero-order valence-electron chi connectivity index (χ0n) is 19.5. The van der Waals surface area contributed by atoms with Crippen LogP contribution in [0.1, 0.15) is 30.7 Å². The smallest absolute Gasteiger partial charge is 0.229 e. The van der Waals surface area contributed by atoms with Gasteiger partial charge >= 0.3 is 0 Å². The Morgan fingerprint density at radius 3 is 2.72 bits per heavy atom. The lowest BCUT2D eigenvalue weighted by Gasteiger charge is -2.32. The van der Waals surface area contributed by atoms with E-state index >= 15 is 0 Å². The van der Waals surface area contributed by atoms with Crippen LogP contribution in [0.5, 0.6) is 0 Å². The van der Waals surface area contributed by atoms with Crippen LogP contribution in [-0.2, 0) is 11.3 Å². The minimum atomic E-state index is -0.0903. The van der Waals surface area contributed by atoms with Gasteiger partial charge in [-0.2, -0.15) is 0 Å². The van der Waals surface area contributed by atoms with Crippen LogP contribution in [0.4, 0.5) is 11.6 Å². The van der Waals surface area contributed by atoms with E-state index in [2.05, 4.69) is 48.7 Å². The average molecular weight is 436 g/mol. The standard InChI is InChI=1S/C24H33N7O/c1-17-13-18(2)27-24(26-17)30-11-5-7-19(15-30)23(32)28-20-8-9-22-21(14-20)25-16-31(22)12-6-10-29(3)4/h8-9,13-14,16,19H,5-7,10-12,15H2,1-4H3,(H,28,32)/t19-/m1/s1. The quantitative estimate of drug-likeness (QED) is 0.614. The Morgan fingerprint density at radius 1 is 1.19 bits per heavy atom. The van der Waals surface area contributed by atoms with Gasteiger partial charge in [0.25, 0.3) is 0 Å². The molecule has 1 aromatic carbocycles. The second kappa shape index (κ2) is 9.65. The molecule has 1 aliphatic heterocycles. The number of fused-ring (bicyclic) bond motifs is 1. The van der Waals surface area contributed by atoms with Gasteiger partial charge in [0.2, 0.25) is 11.9 Å². The molecule has 0 aliphatic carbocycles. The molecule has 8 nitrogen and oxygen atoms in total. The lowest BCUT2D eigenvalue weighted by atomic mass is 9.97. The third-order valence-electron chi connectivity index (χ3n) is 5.94. The van der Waals surface area contributed by atoms with E-state index in [4.69, 9.17) is 0 Å². The number of nitrogens with zero attached hydrogens (tertiary/aromatic N) is 6. The molecular formula is C24H33N7O. The second-order valence-electron chi connectivity index (χ2n) is 9.02. The third kappa shape index (κ3) is 5.24. The number of hydrogen-bond donors (Lipinski definition) is 1. The van der Waals surface area contributed by atoms with Crippen LogP contribution in [0.25, 0.3) is 11.0 Å². The topological polar surface area (TPSA) is 79.2 Å². The molecule has 0 bridgehead atoms. The summed E-state index contributed by atoms with van der Waals surface area (Å²) in [6.45, 7) is 7.44. The van der Waals surface area contributed by atoms with Gasteiger partial charge < -0.3 is 19.7 Å². The first-order valence-corrected chi connectivity index (χ1v) is 11.4. The number of aromatic nitrogens is 4. The molecule has 1 N–H and O–H groups in total. The highest BCUT2D eigenvalue weighted by atomic mass is 16.1. The maximum Gasteiger partial charge on any atom is 0.229 e. The van der Waals surface area contributed by atoms with Crippen molar-refractivity contribution in [1.29, 1.82) is 0 Å². The van der Waals surface area contributed by atoms with Crippen molar-refractivity contribution in [3.8, 4) is 0 Å². The lowest BCUT2D eigenvalue weighted by Crippen LogP contribution is -2.41. The molecule has 0 spiro atoms. The SMILES string of the molecule is Cc1cc(C)nc(N2CCC[C@@H](C(=O)Nc3ccc4c(c3)ncn4CCCN(C)C)C2)n1. The van der Waals surface area contributed by atoms with Crippen LogP contribution in [0, 0.1) is 19.8 Å². The summed E-state index contributed by atoms with van der Waals surface area (Å²) in [6, 6.07) is 7.95. The van der Waals surface area contributed by atoms with Crippen molar-refractivity contribution >= 4 is 28.6 Å². The van der Waals surface area contributed by atoms with Crippen LogP contribution in [0.2, 0.25) is 0 Å². The fourth-order valence-corrected chi connectivity index (χ4v) is 4.34. The highest BCUT2D eigenvalue weighted by Gasteiger charge is 2.27. The van der Waals surface area contributed by atoms with E-state index in [-0.39, 0.29) is 11.8 Å². The van der Waals surface area contributed by atoms with Crippen LogP contribution < -0.4 is 10.2 Å². The monoisotopic (exact) mass is 435 g/mol. The molecule has 0 radical (unpaired) electrons. The highest BCUT2D eigenvalue weighted by Crippen LogP contribution is 2.24. The molecule has 170 valence electrons. The van der Waals surface area contributed by atoms with Crippen molar-refractivity contribution in [2.45, 2.75) is 39.7 Å². The first-order valence-electron chi connectivity index (χ1n) is 11.4. The first-order chi connectivity index (χ1) is 15.4. The van der Waals surface area contributed by atoms with Gasteiger partial charge in [-0.3, -0.25) is 4.79 Å². The Kier molecular flexibility index (Phi) is 6.69. The van der Waals surface area contributed by atoms with E-state index < -0.39 is 0 Å². The van der Waals surface area contributed by atoms with Gasteiger partial charge in [-0.15, -0.1) is 0 Å². The van der Waals surface area contributed by atoms with Crippen molar-refractivity contribution < 1.29 is 4.79 Å². The molecule has 4 rings (SSSR count). The Balaban J connectivity index is 1.40. The molecule has 8 heteroatoms. The number of nitrogens with one attached hydrogen (secondary N) is 1. The fraction of sp³-hybridized carbons (Fsp3) is 0.500. The Bertz CT molecular complexity index is 1070. The van der Waals surface area contributed by atoms with Gasteiger partial charge in [-0.25, -0.2) is 15.0 Å². The number of carbonyl (C=O) groups excluding carboxylic acids is 1. The predicted octanol–water partition coefficient (Wildman–Crippen LogP) is 3.25. The lowest BCUT2D eigenvalue weighted by molar-refractivity contribution is -0.120. The summed E-state index contributed by atoms with van der Waals surface area (Å²) in [7, 11) is 4.17. The number of anilines is 2. The normalized spacial score (nSPS) is 16.7. The largest absolute Gasteiger partial charge is 0.340 e. The summed E-state index contributed by atoms with van der Waals surface area (Å²) < 4.78 is 2.17. The number of amides is 1. The minimum Gasteiger partial charge on any atom is -0.340 e. The molecular weight excluding hydrogens is 402 g/mol. The summed E-state index contributed by atoms with van der Waals surface area (Å²) in [4.78, 5) is 31.0. The molecule has 2 aromatic heterocycles. The van der Waals surface area contributed by atoms with E-state index in [0.29, 0.717) is 6.54 Å². The van der Waals surface area contributed by atoms with Crippen molar-refractivity contribution in [3.63, 3.8) is 0 Å². The van der Waals surface area contributed by atoms with E-state index in [1.54, 1.807) is 0 Å². The number of aryl methyl sites for hydroxylation is 3. The maximum atomic E-state index is 13.0. The summed E-state index contributed by atoms with van der Waals surface area (Å²) in [5.41, 5.74) is 4.70.